The van der Waals surface area contributed by atoms with Gasteiger partial charge in [-0.05, 0) is 71.1 Å². The van der Waals surface area contributed by atoms with Crippen LogP contribution in [-0.2, 0) is 14.4 Å². The summed E-state index contributed by atoms with van der Waals surface area (Å²) >= 11 is 2.09. The first-order chi connectivity index (χ1) is 15.7. The number of urea groups is 1. The molecule has 3 rings (SSSR count). The van der Waals surface area contributed by atoms with E-state index in [0.29, 0.717) is 11.4 Å². The molecule has 1 saturated heterocycles. The Morgan fingerprint density at radius 1 is 1.06 bits per heavy atom. The summed E-state index contributed by atoms with van der Waals surface area (Å²) in [4.78, 5) is 62.0. The Hall–Kier alpha value is -3.61. The van der Waals surface area contributed by atoms with Gasteiger partial charge in [-0.3, -0.25) is 24.5 Å². The Kier molecular flexibility index (Phi) is 7.53. The predicted octanol–water partition coefficient (Wildman–Crippen LogP) is 2.50. The fourth-order valence-electron chi connectivity index (χ4n) is 2.78. The lowest BCUT2D eigenvalue weighted by Crippen LogP contribution is -2.58. The molecule has 0 saturated carbocycles. The zero-order valence-corrected chi connectivity index (χ0v) is 19.8. The number of hydrogen-bond donors (Lipinski definition) is 3. The molecule has 0 bridgehead atoms. The lowest BCUT2D eigenvalue weighted by molar-refractivity contribution is -0.131. The second-order valence-electron chi connectivity index (χ2n) is 7.36. The number of barbiturate groups is 1. The van der Waals surface area contributed by atoms with E-state index in [2.05, 4.69) is 43.8 Å². The zero-order chi connectivity index (χ0) is 24.1. The van der Waals surface area contributed by atoms with Crippen molar-refractivity contribution in [1.82, 2.24) is 10.7 Å². The average molecular weight is 561 g/mol. The van der Waals surface area contributed by atoms with Gasteiger partial charge < -0.3 is 5.32 Å². The van der Waals surface area contributed by atoms with E-state index < -0.39 is 29.7 Å². The summed E-state index contributed by atoms with van der Waals surface area (Å²) in [6, 6.07) is 11.9. The van der Waals surface area contributed by atoms with Gasteiger partial charge in [-0.25, -0.2) is 15.1 Å². The molecule has 2 aromatic carbocycles. The molecule has 1 heterocycles. The summed E-state index contributed by atoms with van der Waals surface area (Å²) in [5.41, 5.74) is 3.34. The summed E-state index contributed by atoms with van der Waals surface area (Å²) < 4.78 is 0.911. The van der Waals surface area contributed by atoms with Gasteiger partial charge in [0.05, 0.1) is 5.69 Å². The molecule has 33 heavy (non-hydrogen) atoms. The molecule has 0 spiro atoms. The van der Waals surface area contributed by atoms with Gasteiger partial charge in [0.25, 0.3) is 11.8 Å². The lowest BCUT2D eigenvalue weighted by Gasteiger charge is -2.28. The van der Waals surface area contributed by atoms with E-state index in [1.54, 1.807) is 50.2 Å². The number of nitrogens with zero attached hydrogens (tertiary/aromatic N) is 2. The van der Waals surface area contributed by atoms with Crippen molar-refractivity contribution in [3.8, 4) is 0 Å². The van der Waals surface area contributed by atoms with Gasteiger partial charge in [-0.15, -0.1) is 0 Å². The van der Waals surface area contributed by atoms with Crippen LogP contribution in [0.3, 0.4) is 0 Å². The normalized spacial score (nSPS) is 16.2. The number of carbonyl (C=O) groups is 5. The van der Waals surface area contributed by atoms with E-state index in [1.807, 2.05) is 0 Å². The molecule has 0 radical (unpaired) electrons. The standard InChI is InChI=1S/C22H20IN5O5/c1-12(2)18(29)25-15-7-3-13(4-8-15)19(30)27-24-11-17-20(31)26-22(33)28(21(17)32)16-9-5-14(23)6-10-16/h3-12,17H,1-2H3,(H,25,29)(H,27,30)(H,26,31,33)/b24-11-/t17-/m1/s1. The Morgan fingerprint density at radius 3 is 2.30 bits per heavy atom. The van der Waals surface area contributed by atoms with Crippen LogP contribution in [0.2, 0.25) is 0 Å². The van der Waals surface area contributed by atoms with Crippen LogP contribution < -0.4 is 21.0 Å². The summed E-state index contributed by atoms with van der Waals surface area (Å²) in [7, 11) is 0. The maximum absolute atomic E-state index is 12.8. The van der Waals surface area contributed by atoms with Crippen LogP contribution in [0.15, 0.2) is 53.6 Å². The third kappa shape index (κ3) is 5.80. The number of nitrogens with one attached hydrogen (secondary N) is 3. The van der Waals surface area contributed by atoms with Gasteiger partial charge >= 0.3 is 6.03 Å². The Bertz CT molecular complexity index is 1130. The number of benzene rings is 2. The van der Waals surface area contributed by atoms with Crippen molar-refractivity contribution >= 4 is 69.8 Å². The average Bonchev–Trinajstić information content (AvgIpc) is 2.77. The Labute approximate surface area is 202 Å². The molecule has 11 heteroatoms. The van der Waals surface area contributed by atoms with Gasteiger partial charge in [0.1, 0.15) is 0 Å². The molecule has 0 unspecified atom stereocenters. The minimum Gasteiger partial charge on any atom is -0.326 e. The molecule has 1 aliphatic rings. The topological polar surface area (TPSA) is 137 Å². The first kappa shape index (κ1) is 24.0. The van der Waals surface area contributed by atoms with Gasteiger partial charge in [-0.2, -0.15) is 5.10 Å². The van der Waals surface area contributed by atoms with Crippen molar-refractivity contribution in [2.24, 2.45) is 16.9 Å². The molecular formula is C22H20IN5O5. The highest BCUT2D eigenvalue weighted by Crippen LogP contribution is 2.21. The summed E-state index contributed by atoms with van der Waals surface area (Å²) in [6.45, 7) is 3.53. The van der Waals surface area contributed by atoms with Crippen LogP contribution in [0.1, 0.15) is 24.2 Å². The molecule has 1 aliphatic heterocycles. The molecule has 0 aliphatic carbocycles. The second-order valence-corrected chi connectivity index (χ2v) is 8.61. The Balaban J connectivity index is 1.65. The molecule has 3 N–H and O–H groups in total. The van der Waals surface area contributed by atoms with Gasteiger partial charge in [-0.1, -0.05) is 13.8 Å². The summed E-state index contributed by atoms with van der Waals surface area (Å²) in [5, 5.41) is 8.54. The first-order valence-electron chi connectivity index (χ1n) is 9.86. The fraction of sp³-hybridized carbons (Fsp3) is 0.182. The summed E-state index contributed by atoms with van der Waals surface area (Å²) in [6.07, 6.45) is 0.971. The number of hydrazone groups is 1. The van der Waals surface area contributed by atoms with E-state index >= 15 is 0 Å². The lowest BCUT2D eigenvalue weighted by atomic mass is 10.1. The molecule has 1 fully saturated rings. The van der Waals surface area contributed by atoms with Gasteiger partial charge in [0, 0.05) is 27.0 Å². The van der Waals surface area contributed by atoms with E-state index in [4.69, 9.17) is 0 Å². The number of imide groups is 2. The SMILES string of the molecule is CC(C)C(=O)Nc1ccc(C(=O)N/N=C\[C@@H]2C(=O)NC(=O)N(c3ccc(I)cc3)C2=O)cc1. The van der Waals surface area contributed by atoms with Crippen molar-refractivity contribution in [2.45, 2.75) is 13.8 Å². The number of rotatable bonds is 6. The third-order valence-electron chi connectivity index (χ3n) is 4.62. The van der Waals surface area contributed by atoms with Crippen LogP contribution in [0.25, 0.3) is 0 Å². The molecule has 6 amide bonds. The number of carbonyl (C=O) groups excluding carboxylic acids is 5. The maximum Gasteiger partial charge on any atom is 0.335 e. The smallest absolute Gasteiger partial charge is 0.326 e. The minimum atomic E-state index is -1.39. The molecule has 0 aromatic heterocycles. The van der Waals surface area contributed by atoms with Crippen molar-refractivity contribution < 1.29 is 24.0 Å². The number of amides is 6. The first-order valence-corrected chi connectivity index (χ1v) is 10.9. The number of halogens is 1. The van der Waals surface area contributed by atoms with Crippen molar-refractivity contribution in [1.29, 1.82) is 0 Å². The molecular weight excluding hydrogens is 541 g/mol. The number of anilines is 2. The van der Waals surface area contributed by atoms with Crippen LogP contribution in [-0.4, -0.2) is 35.9 Å². The van der Waals surface area contributed by atoms with Gasteiger partial charge in [0.15, 0.2) is 5.92 Å². The van der Waals surface area contributed by atoms with Crippen molar-refractivity contribution in [3.63, 3.8) is 0 Å². The zero-order valence-electron chi connectivity index (χ0n) is 17.7. The minimum absolute atomic E-state index is 0.148. The van der Waals surface area contributed by atoms with Crippen LogP contribution in [0, 0.1) is 15.4 Å². The number of hydrogen-bond acceptors (Lipinski definition) is 6. The highest BCUT2D eigenvalue weighted by atomic mass is 127. The fourth-order valence-corrected chi connectivity index (χ4v) is 3.14. The van der Waals surface area contributed by atoms with Crippen LogP contribution in [0.4, 0.5) is 16.2 Å². The van der Waals surface area contributed by atoms with Crippen molar-refractivity contribution in [3.05, 3.63) is 57.7 Å². The van der Waals surface area contributed by atoms with E-state index in [0.717, 1.165) is 14.7 Å². The molecule has 2 aromatic rings. The van der Waals surface area contributed by atoms with E-state index in [9.17, 15) is 24.0 Å². The van der Waals surface area contributed by atoms with E-state index in [1.165, 1.54) is 12.1 Å². The maximum atomic E-state index is 12.8. The monoisotopic (exact) mass is 561 g/mol. The summed E-state index contributed by atoms with van der Waals surface area (Å²) in [5.74, 6) is -3.93. The Morgan fingerprint density at radius 2 is 1.70 bits per heavy atom. The van der Waals surface area contributed by atoms with Crippen molar-refractivity contribution in [2.75, 3.05) is 10.2 Å². The largest absolute Gasteiger partial charge is 0.335 e. The van der Waals surface area contributed by atoms with Gasteiger partial charge in [0.2, 0.25) is 11.8 Å². The highest BCUT2D eigenvalue weighted by Gasteiger charge is 2.40. The highest BCUT2D eigenvalue weighted by molar-refractivity contribution is 14.1. The second kappa shape index (κ2) is 10.3. The predicted molar refractivity (Wildman–Crippen MR) is 130 cm³/mol. The van der Waals surface area contributed by atoms with E-state index in [-0.39, 0.29) is 17.4 Å². The third-order valence-corrected chi connectivity index (χ3v) is 5.33. The van der Waals surface area contributed by atoms with Crippen LogP contribution in [0.5, 0.6) is 0 Å². The quantitative estimate of drug-likeness (QED) is 0.216. The molecule has 170 valence electrons. The molecule has 1 atom stereocenters. The molecule has 10 nitrogen and oxygen atoms in total. The van der Waals surface area contributed by atoms with Crippen LogP contribution >= 0.6 is 22.6 Å².